The molecule has 1 fully saturated rings. The van der Waals surface area contributed by atoms with Gasteiger partial charge in [-0.15, -0.1) is 0 Å². The minimum absolute atomic E-state index is 0.186. The summed E-state index contributed by atoms with van der Waals surface area (Å²) in [7, 11) is 0. The second kappa shape index (κ2) is 6.19. The molecule has 1 aromatic carbocycles. The van der Waals surface area contributed by atoms with Crippen LogP contribution in [0.4, 0.5) is 0 Å². The van der Waals surface area contributed by atoms with Crippen molar-refractivity contribution in [1.29, 1.82) is 0 Å². The number of likely N-dealkylation sites (tertiary alicyclic amines) is 1. The molecule has 1 unspecified atom stereocenters. The fourth-order valence-electron chi connectivity index (χ4n) is 2.42. The second-order valence-corrected chi connectivity index (χ2v) is 6.32. The molecule has 0 aliphatic carbocycles. The molecular weight excluding hydrogens is 367 g/mol. The summed E-state index contributed by atoms with van der Waals surface area (Å²) in [5.74, 6) is 1.12. The molecule has 1 aliphatic rings. The Morgan fingerprint density at radius 1 is 1.25 bits per heavy atom. The van der Waals surface area contributed by atoms with Crippen molar-refractivity contribution in [2.75, 3.05) is 19.6 Å². The summed E-state index contributed by atoms with van der Waals surface area (Å²) in [5, 5.41) is 4.02. The Bertz CT molecular complexity index is 563. The molecule has 0 spiro atoms. The quantitative estimate of drug-likeness (QED) is 0.821. The predicted octanol–water partition coefficient (Wildman–Crippen LogP) is 2.44. The van der Waals surface area contributed by atoms with Gasteiger partial charge in [-0.05, 0) is 72.8 Å². The Kier molecular flexibility index (Phi) is 4.32. The van der Waals surface area contributed by atoms with Gasteiger partial charge in [-0.2, -0.15) is 4.98 Å². The Hall–Kier alpha value is -0.990. The molecule has 6 heteroatoms. The van der Waals surface area contributed by atoms with Crippen LogP contribution in [0.15, 0.2) is 28.8 Å². The average Bonchev–Trinajstić information content (AvgIpc) is 3.10. The van der Waals surface area contributed by atoms with E-state index in [1.807, 2.05) is 24.3 Å². The van der Waals surface area contributed by atoms with Crippen LogP contribution in [0.25, 0.3) is 11.5 Å². The van der Waals surface area contributed by atoms with E-state index in [1.54, 1.807) is 0 Å². The van der Waals surface area contributed by atoms with E-state index in [2.05, 4.69) is 37.6 Å². The zero-order valence-corrected chi connectivity index (χ0v) is 13.3. The van der Waals surface area contributed by atoms with Crippen molar-refractivity contribution in [3.8, 4) is 11.5 Å². The second-order valence-electron chi connectivity index (χ2n) is 5.08. The van der Waals surface area contributed by atoms with Crippen molar-refractivity contribution in [3.63, 3.8) is 0 Å². The molecule has 0 saturated carbocycles. The molecule has 3 rings (SSSR count). The summed E-state index contributed by atoms with van der Waals surface area (Å²) >= 11 is 2.27. The van der Waals surface area contributed by atoms with Crippen LogP contribution in [0.1, 0.15) is 24.7 Å². The van der Waals surface area contributed by atoms with Gasteiger partial charge < -0.3 is 15.2 Å². The van der Waals surface area contributed by atoms with Gasteiger partial charge in [0.15, 0.2) is 5.82 Å². The highest BCUT2D eigenvalue weighted by Crippen LogP contribution is 2.20. The van der Waals surface area contributed by atoms with Crippen molar-refractivity contribution in [1.82, 2.24) is 15.0 Å². The van der Waals surface area contributed by atoms with Crippen LogP contribution in [0.3, 0.4) is 0 Å². The van der Waals surface area contributed by atoms with Crippen LogP contribution >= 0.6 is 22.6 Å². The van der Waals surface area contributed by atoms with E-state index >= 15 is 0 Å². The number of nitrogens with two attached hydrogens (primary N) is 1. The van der Waals surface area contributed by atoms with Crippen LogP contribution in [-0.2, 0) is 0 Å². The third-order valence-electron chi connectivity index (χ3n) is 3.52. The lowest BCUT2D eigenvalue weighted by molar-refractivity contribution is 0.306. The molecule has 20 heavy (non-hydrogen) atoms. The van der Waals surface area contributed by atoms with Gasteiger partial charge in [0.1, 0.15) is 0 Å². The van der Waals surface area contributed by atoms with Crippen LogP contribution < -0.4 is 5.73 Å². The third-order valence-corrected chi connectivity index (χ3v) is 4.24. The highest BCUT2D eigenvalue weighted by Gasteiger charge is 2.20. The molecule has 0 amide bonds. The summed E-state index contributed by atoms with van der Waals surface area (Å²) in [6.07, 6.45) is 2.51. The average molecular weight is 384 g/mol. The topological polar surface area (TPSA) is 68.2 Å². The number of halogens is 1. The largest absolute Gasteiger partial charge is 0.334 e. The van der Waals surface area contributed by atoms with Crippen molar-refractivity contribution in [2.24, 2.45) is 5.73 Å². The Labute approximate surface area is 131 Å². The Morgan fingerprint density at radius 3 is 2.65 bits per heavy atom. The molecule has 2 aromatic rings. The maximum Gasteiger partial charge on any atom is 0.257 e. The van der Waals surface area contributed by atoms with Crippen molar-refractivity contribution in [2.45, 2.75) is 18.9 Å². The van der Waals surface area contributed by atoms with Crippen molar-refractivity contribution in [3.05, 3.63) is 33.7 Å². The van der Waals surface area contributed by atoms with E-state index in [0.29, 0.717) is 11.7 Å². The number of benzene rings is 1. The van der Waals surface area contributed by atoms with E-state index in [0.717, 1.165) is 25.2 Å². The van der Waals surface area contributed by atoms with Gasteiger partial charge >= 0.3 is 0 Å². The van der Waals surface area contributed by atoms with E-state index in [1.165, 1.54) is 16.4 Å². The summed E-state index contributed by atoms with van der Waals surface area (Å²) in [5.41, 5.74) is 7.09. The summed E-state index contributed by atoms with van der Waals surface area (Å²) < 4.78 is 6.49. The Morgan fingerprint density at radius 2 is 1.95 bits per heavy atom. The van der Waals surface area contributed by atoms with Crippen LogP contribution in [-0.4, -0.2) is 34.7 Å². The third kappa shape index (κ3) is 3.18. The molecule has 0 bridgehead atoms. The molecule has 106 valence electrons. The first-order chi connectivity index (χ1) is 9.72. The molecule has 5 nitrogen and oxygen atoms in total. The normalized spacial score (nSPS) is 17.5. The highest BCUT2D eigenvalue weighted by molar-refractivity contribution is 14.1. The maximum absolute atomic E-state index is 6.16. The predicted molar refractivity (Wildman–Crippen MR) is 85.1 cm³/mol. The van der Waals surface area contributed by atoms with E-state index in [-0.39, 0.29) is 6.04 Å². The first kappa shape index (κ1) is 14.0. The lowest BCUT2D eigenvalue weighted by Gasteiger charge is -2.17. The lowest BCUT2D eigenvalue weighted by Crippen LogP contribution is -2.30. The number of rotatable bonds is 4. The molecular formula is C14H17IN4O. The minimum atomic E-state index is -0.186. The van der Waals surface area contributed by atoms with Gasteiger partial charge in [0.2, 0.25) is 0 Å². The monoisotopic (exact) mass is 384 g/mol. The van der Waals surface area contributed by atoms with Gasteiger partial charge in [-0.1, -0.05) is 5.16 Å². The number of hydrogen-bond donors (Lipinski definition) is 1. The molecule has 1 atom stereocenters. The molecule has 2 heterocycles. The summed E-state index contributed by atoms with van der Waals surface area (Å²) in [6.45, 7) is 3.04. The number of hydrogen-bond acceptors (Lipinski definition) is 5. The van der Waals surface area contributed by atoms with Gasteiger partial charge in [0.25, 0.3) is 5.89 Å². The lowest BCUT2D eigenvalue weighted by atomic mass is 10.2. The summed E-state index contributed by atoms with van der Waals surface area (Å²) in [4.78, 5) is 6.77. The van der Waals surface area contributed by atoms with Crippen LogP contribution in [0.2, 0.25) is 0 Å². The van der Waals surface area contributed by atoms with Gasteiger partial charge in [0, 0.05) is 15.7 Å². The molecule has 1 aliphatic heterocycles. The standard InChI is InChI=1S/C14H17IN4O/c15-11-5-3-10(4-6-11)14-17-13(18-20-14)12(16)9-19-7-1-2-8-19/h3-6,12H,1-2,7-9,16H2. The van der Waals surface area contributed by atoms with E-state index < -0.39 is 0 Å². The van der Waals surface area contributed by atoms with Crippen molar-refractivity contribution < 1.29 is 4.52 Å². The van der Waals surface area contributed by atoms with Crippen LogP contribution in [0.5, 0.6) is 0 Å². The molecule has 2 N–H and O–H groups in total. The van der Waals surface area contributed by atoms with Gasteiger partial charge in [-0.25, -0.2) is 0 Å². The maximum atomic E-state index is 6.16. The first-order valence-electron chi connectivity index (χ1n) is 6.80. The van der Waals surface area contributed by atoms with E-state index in [4.69, 9.17) is 10.3 Å². The smallest absolute Gasteiger partial charge is 0.257 e. The zero-order valence-electron chi connectivity index (χ0n) is 11.1. The fourth-order valence-corrected chi connectivity index (χ4v) is 2.78. The molecule has 1 saturated heterocycles. The summed E-state index contributed by atoms with van der Waals surface area (Å²) in [6, 6.07) is 7.80. The number of nitrogens with zero attached hydrogens (tertiary/aromatic N) is 3. The van der Waals surface area contributed by atoms with Crippen molar-refractivity contribution >= 4 is 22.6 Å². The number of aromatic nitrogens is 2. The highest BCUT2D eigenvalue weighted by atomic mass is 127. The van der Waals surface area contributed by atoms with Gasteiger partial charge in [0.05, 0.1) is 6.04 Å². The molecule has 1 aromatic heterocycles. The Balaban J connectivity index is 1.70. The first-order valence-corrected chi connectivity index (χ1v) is 7.88. The van der Waals surface area contributed by atoms with Crippen LogP contribution in [0, 0.1) is 3.57 Å². The molecule has 0 radical (unpaired) electrons. The fraction of sp³-hybridized carbons (Fsp3) is 0.429. The zero-order chi connectivity index (χ0) is 13.9. The minimum Gasteiger partial charge on any atom is -0.334 e. The van der Waals surface area contributed by atoms with E-state index in [9.17, 15) is 0 Å². The SMILES string of the molecule is NC(CN1CCCC1)c1noc(-c2ccc(I)cc2)n1. The van der Waals surface area contributed by atoms with Gasteiger partial charge in [-0.3, -0.25) is 0 Å².